The third-order valence-electron chi connectivity index (χ3n) is 6.61. The third-order valence-corrected chi connectivity index (χ3v) is 6.61. The van der Waals surface area contributed by atoms with Gasteiger partial charge in [-0.2, -0.15) is 0 Å². The predicted octanol–water partition coefficient (Wildman–Crippen LogP) is 3.56. The lowest BCUT2D eigenvalue weighted by Crippen LogP contribution is -2.36. The minimum Gasteiger partial charge on any atom is -0.334 e. The molecule has 2 aromatic carbocycles. The number of carbonyl (C=O) groups excluding carboxylic acids is 3. The van der Waals surface area contributed by atoms with Gasteiger partial charge in [0.2, 0.25) is 11.8 Å². The standard InChI is InChI=1S/C24H24N2O3/c27-22(25-13-12-16-6-1-2-7-18(16)15-25)17-8-5-9-19(14-17)26-23(28)20-10-3-4-11-21(20)24(26)29/h1-2,5-9,14,20-21H,3-4,10-13,15H2. The van der Waals surface area contributed by atoms with Crippen LogP contribution in [0.5, 0.6) is 0 Å². The molecule has 3 amide bonds. The van der Waals surface area contributed by atoms with Crippen molar-refractivity contribution in [2.45, 2.75) is 38.6 Å². The lowest BCUT2D eigenvalue weighted by Gasteiger charge is -2.29. The van der Waals surface area contributed by atoms with E-state index in [1.165, 1.54) is 16.0 Å². The minimum atomic E-state index is -0.186. The van der Waals surface area contributed by atoms with Crippen LogP contribution in [-0.4, -0.2) is 29.2 Å². The third kappa shape index (κ3) is 3.05. The van der Waals surface area contributed by atoms with Crippen molar-refractivity contribution in [3.63, 3.8) is 0 Å². The highest BCUT2D eigenvalue weighted by Gasteiger charge is 2.48. The average Bonchev–Trinajstić information content (AvgIpc) is 3.03. The summed E-state index contributed by atoms with van der Waals surface area (Å²) in [5.74, 6) is -0.631. The van der Waals surface area contributed by atoms with Crippen LogP contribution in [0.25, 0.3) is 0 Å². The summed E-state index contributed by atoms with van der Waals surface area (Å²) in [6.45, 7) is 1.26. The Balaban J connectivity index is 1.40. The monoisotopic (exact) mass is 388 g/mol. The van der Waals surface area contributed by atoms with Crippen LogP contribution >= 0.6 is 0 Å². The molecule has 0 radical (unpaired) electrons. The molecule has 2 fully saturated rings. The summed E-state index contributed by atoms with van der Waals surface area (Å²) in [6.07, 6.45) is 4.43. The van der Waals surface area contributed by atoms with Gasteiger partial charge in [0.1, 0.15) is 0 Å². The average molecular weight is 388 g/mol. The van der Waals surface area contributed by atoms with Gasteiger partial charge in [-0.25, -0.2) is 0 Å². The molecule has 3 aliphatic rings. The molecule has 0 N–H and O–H groups in total. The van der Waals surface area contributed by atoms with Crippen LogP contribution in [-0.2, 0) is 22.6 Å². The number of rotatable bonds is 2. The number of amides is 3. The van der Waals surface area contributed by atoms with Crippen molar-refractivity contribution < 1.29 is 14.4 Å². The zero-order valence-electron chi connectivity index (χ0n) is 16.3. The van der Waals surface area contributed by atoms with Gasteiger partial charge in [-0.1, -0.05) is 43.2 Å². The smallest absolute Gasteiger partial charge is 0.254 e. The normalized spacial score (nSPS) is 23.7. The Bertz CT molecular complexity index is 975. The van der Waals surface area contributed by atoms with Crippen LogP contribution in [0.4, 0.5) is 5.69 Å². The summed E-state index contributed by atoms with van der Waals surface area (Å²) in [5, 5.41) is 0. The topological polar surface area (TPSA) is 57.7 Å². The maximum Gasteiger partial charge on any atom is 0.254 e. The minimum absolute atomic E-state index is 0.0575. The molecule has 2 aromatic rings. The van der Waals surface area contributed by atoms with Crippen molar-refractivity contribution in [3.05, 3.63) is 65.2 Å². The first kappa shape index (κ1) is 18.1. The van der Waals surface area contributed by atoms with Crippen LogP contribution in [0.15, 0.2) is 48.5 Å². The molecule has 2 unspecified atom stereocenters. The van der Waals surface area contributed by atoms with E-state index in [0.29, 0.717) is 24.3 Å². The molecule has 0 spiro atoms. The second-order valence-electron chi connectivity index (χ2n) is 8.31. The molecular formula is C24H24N2O3. The van der Waals surface area contributed by atoms with Crippen LogP contribution in [0, 0.1) is 11.8 Å². The van der Waals surface area contributed by atoms with Crippen LogP contribution < -0.4 is 4.90 Å². The summed E-state index contributed by atoms with van der Waals surface area (Å²) >= 11 is 0. The van der Waals surface area contributed by atoms with Gasteiger partial charge in [0.15, 0.2) is 0 Å². The summed E-state index contributed by atoms with van der Waals surface area (Å²) in [4.78, 5) is 42.1. The molecule has 0 aromatic heterocycles. The van der Waals surface area contributed by atoms with Gasteiger partial charge in [-0.15, -0.1) is 0 Å². The van der Waals surface area contributed by atoms with Crippen molar-refractivity contribution in [1.82, 2.24) is 4.90 Å². The first-order valence-electron chi connectivity index (χ1n) is 10.5. The summed E-state index contributed by atoms with van der Waals surface area (Å²) < 4.78 is 0. The Morgan fingerprint density at radius 2 is 1.55 bits per heavy atom. The second kappa shape index (κ2) is 7.14. The molecule has 29 heavy (non-hydrogen) atoms. The van der Waals surface area contributed by atoms with Crippen LogP contribution in [0.1, 0.15) is 47.2 Å². The summed E-state index contributed by atoms with van der Waals surface area (Å²) in [6, 6.07) is 15.2. The first-order chi connectivity index (χ1) is 14.1. The number of benzene rings is 2. The van der Waals surface area contributed by atoms with Crippen LogP contribution in [0.2, 0.25) is 0 Å². The van der Waals surface area contributed by atoms with E-state index in [9.17, 15) is 14.4 Å². The lowest BCUT2D eigenvalue weighted by atomic mass is 9.81. The second-order valence-corrected chi connectivity index (χ2v) is 8.31. The molecular weight excluding hydrogens is 364 g/mol. The van der Waals surface area contributed by atoms with Gasteiger partial charge >= 0.3 is 0 Å². The maximum absolute atomic E-state index is 13.1. The maximum atomic E-state index is 13.1. The molecule has 1 saturated heterocycles. The van der Waals surface area contributed by atoms with E-state index >= 15 is 0 Å². The van der Waals surface area contributed by atoms with Crippen molar-refractivity contribution in [2.24, 2.45) is 11.8 Å². The van der Waals surface area contributed by atoms with E-state index in [4.69, 9.17) is 0 Å². The molecule has 2 aliphatic heterocycles. The number of imide groups is 1. The Morgan fingerprint density at radius 3 is 2.28 bits per heavy atom. The zero-order valence-corrected chi connectivity index (χ0v) is 16.3. The van der Waals surface area contributed by atoms with E-state index < -0.39 is 0 Å². The van der Waals surface area contributed by atoms with Gasteiger partial charge in [0, 0.05) is 18.7 Å². The largest absolute Gasteiger partial charge is 0.334 e. The van der Waals surface area contributed by atoms with Crippen molar-refractivity contribution in [3.8, 4) is 0 Å². The van der Waals surface area contributed by atoms with Crippen molar-refractivity contribution in [2.75, 3.05) is 11.4 Å². The Kier molecular flexibility index (Phi) is 4.46. The predicted molar refractivity (Wildman–Crippen MR) is 109 cm³/mol. The molecule has 2 heterocycles. The SMILES string of the molecule is O=C(c1cccc(N2C(=O)C3CCCCC3C2=O)c1)N1CCc2ccccc2C1. The number of nitrogens with zero attached hydrogens (tertiary/aromatic N) is 2. The molecule has 2 atom stereocenters. The number of hydrogen-bond donors (Lipinski definition) is 0. The van der Waals surface area contributed by atoms with Gasteiger partial charge in [0.05, 0.1) is 17.5 Å². The van der Waals surface area contributed by atoms with E-state index in [1.807, 2.05) is 17.0 Å². The molecule has 0 bridgehead atoms. The van der Waals surface area contributed by atoms with Gasteiger partial charge in [-0.3, -0.25) is 19.3 Å². The molecule has 5 heteroatoms. The Labute approximate surface area is 170 Å². The number of fused-ring (bicyclic) bond motifs is 2. The van der Waals surface area contributed by atoms with Gasteiger partial charge in [0.25, 0.3) is 5.91 Å². The highest BCUT2D eigenvalue weighted by atomic mass is 16.2. The Morgan fingerprint density at radius 1 is 0.862 bits per heavy atom. The van der Waals surface area contributed by atoms with E-state index in [0.717, 1.165) is 32.1 Å². The van der Waals surface area contributed by atoms with E-state index in [-0.39, 0.29) is 29.6 Å². The Hall–Kier alpha value is -2.95. The first-order valence-corrected chi connectivity index (χ1v) is 10.5. The number of carbonyl (C=O) groups is 3. The fourth-order valence-corrected chi connectivity index (χ4v) is 5.05. The van der Waals surface area contributed by atoms with Crippen LogP contribution in [0.3, 0.4) is 0 Å². The van der Waals surface area contributed by atoms with E-state index in [1.54, 1.807) is 24.3 Å². The zero-order chi connectivity index (χ0) is 20.0. The van der Waals surface area contributed by atoms with E-state index in [2.05, 4.69) is 12.1 Å². The summed E-state index contributed by atoms with van der Waals surface area (Å²) in [5.41, 5.74) is 3.52. The van der Waals surface area contributed by atoms with Gasteiger partial charge in [-0.05, 0) is 48.6 Å². The summed E-state index contributed by atoms with van der Waals surface area (Å²) in [7, 11) is 0. The molecule has 148 valence electrons. The highest BCUT2D eigenvalue weighted by molar-refractivity contribution is 6.22. The van der Waals surface area contributed by atoms with Crippen molar-refractivity contribution >= 4 is 23.4 Å². The molecule has 1 saturated carbocycles. The van der Waals surface area contributed by atoms with Gasteiger partial charge < -0.3 is 4.90 Å². The quantitative estimate of drug-likeness (QED) is 0.739. The molecule has 5 rings (SSSR count). The highest BCUT2D eigenvalue weighted by Crippen LogP contribution is 2.40. The lowest BCUT2D eigenvalue weighted by molar-refractivity contribution is -0.122. The fraction of sp³-hybridized carbons (Fsp3) is 0.375. The number of anilines is 1. The molecule has 5 nitrogen and oxygen atoms in total. The van der Waals surface area contributed by atoms with Crippen molar-refractivity contribution in [1.29, 1.82) is 0 Å². The fourth-order valence-electron chi connectivity index (χ4n) is 5.05. The molecule has 1 aliphatic carbocycles. The number of hydrogen-bond acceptors (Lipinski definition) is 3.